The summed E-state index contributed by atoms with van der Waals surface area (Å²) in [5.74, 6) is 0. The molecule has 1 atom stereocenters. The zero-order valence-electron chi connectivity index (χ0n) is 14.6. The minimum absolute atomic E-state index is 0.0662. The van der Waals surface area contributed by atoms with Gasteiger partial charge in [-0.1, -0.05) is 42.5 Å². The number of carbonyl (C=O) groups excluding carboxylic acids is 1. The van der Waals surface area contributed by atoms with Crippen LogP contribution in [-0.4, -0.2) is 35.8 Å². The molecule has 0 bridgehead atoms. The number of hydrogen-bond donors (Lipinski definition) is 0. The predicted molar refractivity (Wildman–Crippen MR) is 94.9 cm³/mol. The van der Waals surface area contributed by atoms with Crippen LogP contribution < -0.4 is 0 Å². The first-order chi connectivity index (χ1) is 11.4. The number of likely N-dealkylation sites (tertiary alicyclic amines) is 1. The van der Waals surface area contributed by atoms with Gasteiger partial charge in [-0.15, -0.1) is 0 Å². The van der Waals surface area contributed by atoms with Gasteiger partial charge >= 0.3 is 6.09 Å². The Kier molecular flexibility index (Phi) is 4.76. The number of carbonyl (C=O) groups is 1. The number of benzene rings is 2. The number of amides is 1. The first kappa shape index (κ1) is 16.8. The Labute approximate surface area is 143 Å². The lowest BCUT2D eigenvalue weighted by molar-refractivity contribution is 0.0186. The van der Waals surface area contributed by atoms with E-state index in [1.807, 2.05) is 32.9 Å². The van der Waals surface area contributed by atoms with E-state index in [1.165, 1.54) is 16.3 Å². The summed E-state index contributed by atoms with van der Waals surface area (Å²) in [4.78, 5) is 13.8. The molecule has 4 heteroatoms. The molecule has 0 spiro atoms. The Morgan fingerprint density at radius 3 is 2.71 bits per heavy atom. The summed E-state index contributed by atoms with van der Waals surface area (Å²) in [6.07, 6.45) is 0.666. The third kappa shape index (κ3) is 4.06. The van der Waals surface area contributed by atoms with Crippen molar-refractivity contribution in [3.8, 4) is 0 Å². The van der Waals surface area contributed by atoms with Crippen LogP contribution in [0.4, 0.5) is 4.79 Å². The molecule has 1 amide bonds. The van der Waals surface area contributed by atoms with E-state index in [-0.39, 0.29) is 12.2 Å². The van der Waals surface area contributed by atoms with Crippen molar-refractivity contribution in [3.63, 3.8) is 0 Å². The number of nitrogens with zero attached hydrogens (tertiary/aromatic N) is 1. The van der Waals surface area contributed by atoms with E-state index >= 15 is 0 Å². The minimum Gasteiger partial charge on any atom is -0.444 e. The van der Waals surface area contributed by atoms with E-state index in [2.05, 4.69) is 30.3 Å². The molecule has 1 aliphatic rings. The van der Waals surface area contributed by atoms with Gasteiger partial charge in [0.05, 0.1) is 19.3 Å². The Hall–Kier alpha value is -2.07. The number of ether oxygens (including phenoxy) is 2. The third-order valence-corrected chi connectivity index (χ3v) is 4.15. The monoisotopic (exact) mass is 327 g/mol. The van der Waals surface area contributed by atoms with Crippen LogP contribution in [-0.2, 0) is 16.1 Å². The fourth-order valence-electron chi connectivity index (χ4n) is 2.98. The van der Waals surface area contributed by atoms with Gasteiger partial charge < -0.3 is 14.4 Å². The molecule has 1 unspecified atom stereocenters. The van der Waals surface area contributed by atoms with Crippen molar-refractivity contribution in [2.75, 3.05) is 13.1 Å². The van der Waals surface area contributed by atoms with Gasteiger partial charge in [-0.2, -0.15) is 0 Å². The molecule has 1 aliphatic heterocycles. The molecule has 0 saturated carbocycles. The molecule has 24 heavy (non-hydrogen) atoms. The zero-order chi connectivity index (χ0) is 17.2. The van der Waals surface area contributed by atoms with Gasteiger partial charge in [-0.25, -0.2) is 4.79 Å². The first-order valence-corrected chi connectivity index (χ1v) is 8.48. The van der Waals surface area contributed by atoms with E-state index in [0.717, 1.165) is 6.42 Å². The SMILES string of the molecule is CC(C)(C)OC(=O)N1CCC(OCc2cccc3ccccc23)C1. The van der Waals surface area contributed by atoms with Crippen LogP contribution in [0.3, 0.4) is 0 Å². The lowest BCUT2D eigenvalue weighted by Gasteiger charge is -2.24. The lowest BCUT2D eigenvalue weighted by atomic mass is 10.1. The highest BCUT2D eigenvalue weighted by Gasteiger charge is 2.30. The van der Waals surface area contributed by atoms with E-state index in [0.29, 0.717) is 19.7 Å². The number of rotatable bonds is 3. The normalized spacial score (nSPS) is 18.1. The van der Waals surface area contributed by atoms with Gasteiger partial charge in [0.1, 0.15) is 5.60 Å². The molecule has 2 aromatic carbocycles. The third-order valence-electron chi connectivity index (χ3n) is 4.15. The summed E-state index contributed by atoms with van der Waals surface area (Å²) in [6, 6.07) is 14.6. The van der Waals surface area contributed by atoms with Gasteiger partial charge in [0.2, 0.25) is 0 Å². The van der Waals surface area contributed by atoms with Crippen LogP contribution in [0, 0.1) is 0 Å². The quantitative estimate of drug-likeness (QED) is 0.840. The maximum Gasteiger partial charge on any atom is 0.410 e. The summed E-state index contributed by atoms with van der Waals surface area (Å²) in [5, 5.41) is 2.45. The Morgan fingerprint density at radius 1 is 1.17 bits per heavy atom. The standard InChI is InChI=1S/C20H25NO3/c1-20(2,3)24-19(22)21-12-11-17(13-21)23-14-16-9-6-8-15-7-4-5-10-18(15)16/h4-10,17H,11-14H2,1-3H3. The van der Waals surface area contributed by atoms with E-state index in [4.69, 9.17) is 9.47 Å². The van der Waals surface area contributed by atoms with Crippen molar-refractivity contribution in [1.29, 1.82) is 0 Å². The minimum atomic E-state index is -0.459. The average Bonchev–Trinajstić information content (AvgIpc) is 3.00. The highest BCUT2D eigenvalue weighted by Crippen LogP contribution is 2.22. The zero-order valence-corrected chi connectivity index (χ0v) is 14.6. The van der Waals surface area contributed by atoms with Crippen LogP contribution in [0.2, 0.25) is 0 Å². The highest BCUT2D eigenvalue weighted by atomic mass is 16.6. The summed E-state index contributed by atoms with van der Waals surface area (Å²) in [6.45, 7) is 7.50. The summed E-state index contributed by atoms with van der Waals surface area (Å²) >= 11 is 0. The van der Waals surface area contributed by atoms with E-state index in [1.54, 1.807) is 4.90 Å². The van der Waals surface area contributed by atoms with Crippen molar-refractivity contribution in [1.82, 2.24) is 4.90 Å². The second kappa shape index (κ2) is 6.81. The fourth-order valence-corrected chi connectivity index (χ4v) is 2.98. The van der Waals surface area contributed by atoms with Gasteiger partial charge in [0, 0.05) is 6.54 Å². The maximum absolute atomic E-state index is 12.1. The summed E-state index contributed by atoms with van der Waals surface area (Å²) < 4.78 is 11.5. The van der Waals surface area contributed by atoms with Crippen molar-refractivity contribution in [2.45, 2.75) is 45.5 Å². The van der Waals surface area contributed by atoms with Gasteiger partial charge in [-0.3, -0.25) is 0 Å². The molecule has 0 N–H and O–H groups in total. The Morgan fingerprint density at radius 2 is 1.92 bits per heavy atom. The molecule has 1 saturated heterocycles. The van der Waals surface area contributed by atoms with E-state index < -0.39 is 5.60 Å². The summed E-state index contributed by atoms with van der Waals surface area (Å²) in [7, 11) is 0. The predicted octanol–water partition coefficient (Wildman–Crippen LogP) is 4.37. The Bertz CT molecular complexity index is 715. The topological polar surface area (TPSA) is 38.8 Å². The largest absolute Gasteiger partial charge is 0.444 e. The maximum atomic E-state index is 12.1. The second-order valence-corrected chi connectivity index (χ2v) is 7.29. The molecule has 0 radical (unpaired) electrons. The van der Waals surface area contributed by atoms with Gasteiger partial charge in [-0.05, 0) is 43.5 Å². The molecule has 2 aromatic rings. The van der Waals surface area contributed by atoms with Gasteiger partial charge in [0.25, 0.3) is 0 Å². The smallest absolute Gasteiger partial charge is 0.410 e. The molecule has 128 valence electrons. The van der Waals surface area contributed by atoms with Crippen LogP contribution >= 0.6 is 0 Å². The molecule has 1 fully saturated rings. The molecule has 0 aliphatic carbocycles. The average molecular weight is 327 g/mol. The highest BCUT2D eigenvalue weighted by molar-refractivity contribution is 5.85. The fraction of sp³-hybridized carbons (Fsp3) is 0.450. The van der Waals surface area contributed by atoms with Crippen LogP contribution in [0.5, 0.6) is 0 Å². The lowest BCUT2D eigenvalue weighted by Crippen LogP contribution is -2.36. The molecular weight excluding hydrogens is 302 g/mol. The van der Waals surface area contributed by atoms with Crippen molar-refractivity contribution < 1.29 is 14.3 Å². The van der Waals surface area contributed by atoms with Crippen molar-refractivity contribution >= 4 is 16.9 Å². The second-order valence-electron chi connectivity index (χ2n) is 7.29. The molecule has 3 rings (SSSR count). The van der Waals surface area contributed by atoms with Crippen LogP contribution in [0.25, 0.3) is 10.8 Å². The number of fused-ring (bicyclic) bond motifs is 1. The van der Waals surface area contributed by atoms with Crippen LogP contribution in [0.15, 0.2) is 42.5 Å². The van der Waals surface area contributed by atoms with Crippen molar-refractivity contribution in [2.24, 2.45) is 0 Å². The summed E-state index contributed by atoms with van der Waals surface area (Å²) in [5.41, 5.74) is 0.725. The first-order valence-electron chi connectivity index (χ1n) is 8.48. The van der Waals surface area contributed by atoms with Gasteiger partial charge in [0.15, 0.2) is 0 Å². The Balaban J connectivity index is 1.57. The van der Waals surface area contributed by atoms with Crippen molar-refractivity contribution in [3.05, 3.63) is 48.0 Å². The molecule has 1 heterocycles. The molecule has 0 aromatic heterocycles. The molecule has 4 nitrogen and oxygen atoms in total. The molecular formula is C20H25NO3. The number of hydrogen-bond acceptors (Lipinski definition) is 3. The van der Waals surface area contributed by atoms with Crippen LogP contribution in [0.1, 0.15) is 32.8 Å². The van der Waals surface area contributed by atoms with E-state index in [9.17, 15) is 4.79 Å².